The molecule has 0 spiro atoms. The fourth-order valence-corrected chi connectivity index (χ4v) is 5.59. The summed E-state index contributed by atoms with van der Waals surface area (Å²) < 4.78 is 5.42. The molecule has 0 fully saturated rings. The van der Waals surface area contributed by atoms with E-state index in [9.17, 15) is 9.90 Å². The number of carbonyl (C=O) groups excluding carboxylic acids is 1. The van der Waals surface area contributed by atoms with E-state index >= 15 is 0 Å². The number of likely N-dealkylation sites (N-methyl/N-ethyl adjacent to an activating group) is 1. The zero-order chi connectivity index (χ0) is 30.8. The van der Waals surface area contributed by atoms with Crippen LogP contribution in [-0.2, 0) is 9.53 Å². The van der Waals surface area contributed by atoms with Crippen LogP contribution in [0.2, 0.25) is 0 Å². The number of hydrogen-bond donors (Lipinski definition) is 2. The lowest BCUT2D eigenvalue weighted by molar-refractivity contribution is -0.468. The standard InChI is InChI=1S/C37H74N2O3/c1-4-6-8-10-12-14-16-17-18-20-22-24-26-28-32-38-36(40)30-29-33-39(3)34-35-42-37(41)31-27-25-23-21-19-15-13-11-9-7-5-2/h4-35H2,1-3H3,(H,38,40)/p+1. The SMILES string of the molecule is CCCCCCCCCCCCCCCC[NH+]=C(O)CCCN(C)CCOC(=O)CCCCCCCCCCCCC. The lowest BCUT2D eigenvalue weighted by atomic mass is 10.0. The summed E-state index contributed by atoms with van der Waals surface area (Å²) in [5, 5.41) is 10.1. The lowest BCUT2D eigenvalue weighted by Gasteiger charge is -2.15. The van der Waals surface area contributed by atoms with Crippen molar-refractivity contribution in [2.75, 3.05) is 33.3 Å². The molecule has 0 aromatic heterocycles. The van der Waals surface area contributed by atoms with Gasteiger partial charge in [-0.1, -0.05) is 155 Å². The van der Waals surface area contributed by atoms with Gasteiger partial charge < -0.3 is 14.7 Å². The Kier molecular flexibility index (Phi) is 33.5. The predicted octanol–water partition coefficient (Wildman–Crippen LogP) is 9.46. The highest BCUT2D eigenvalue weighted by Crippen LogP contribution is 2.13. The highest BCUT2D eigenvalue weighted by molar-refractivity contribution is 5.69. The van der Waals surface area contributed by atoms with Crippen molar-refractivity contribution in [1.82, 2.24) is 4.90 Å². The van der Waals surface area contributed by atoms with Crippen LogP contribution in [0.1, 0.15) is 194 Å². The molecule has 0 aromatic carbocycles. The zero-order valence-electron chi connectivity index (χ0n) is 28.8. The van der Waals surface area contributed by atoms with Crippen LogP contribution in [0.4, 0.5) is 0 Å². The van der Waals surface area contributed by atoms with Gasteiger partial charge in [-0.2, -0.15) is 0 Å². The molecule has 0 aliphatic rings. The molecule has 0 saturated heterocycles. The first-order chi connectivity index (χ1) is 20.6. The Morgan fingerprint density at radius 3 is 1.40 bits per heavy atom. The zero-order valence-corrected chi connectivity index (χ0v) is 28.8. The molecule has 0 unspecified atom stereocenters. The maximum Gasteiger partial charge on any atom is 0.332 e. The van der Waals surface area contributed by atoms with E-state index in [1.165, 1.54) is 141 Å². The van der Waals surface area contributed by atoms with Crippen molar-refractivity contribution in [3.8, 4) is 0 Å². The summed E-state index contributed by atoms with van der Waals surface area (Å²) in [6.07, 6.45) is 35.5. The molecule has 0 aliphatic carbocycles. The molecular formula is C37H75N2O3+. The van der Waals surface area contributed by atoms with E-state index in [-0.39, 0.29) is 5.97 Å². The van der Waals surface area contributed by atoms with Crippen molar-refractivity contribution >= 4 is 11.9 Å². The Balaban J connectivity index is 3.43. The molecular weight excluding hydrogens is 520 g/mol. The minimum atomic E-state index is -0.0574. The van der Waals surface area contributed by atoms with Crippen LogP contribution in [-0.4, -0.2) is 55.2 Å². The second-order valence-corrected chi connectivity index (χ2v) is 12.9. The molecule has 0 bridgehead atoms. The van der Waals surface area contributed by atoms with Crippen LogP contribution in [0.25, 0.3) is 0 Å². The summed E-state index contributed by atoms with van der Waals surface area (Å²) in [5.74, 6) is 0.356. The lowest BCUT2D eigenvalue weighted by Crippen LogP contribution is -2.73. The van der Waals surface area contributed by atoms with Gasteiger partial charge in [0, 0.05) is 19.4 Å². The van der Waals surface area contributed by atoms with Gasteiger partial charge in [0.1, 0.15) is 13.2 Å². The fourth-order valence-electron chi connectivity index (χ4n) is 5.59. The topological polar surface area (TPSA) is 63.7 Å². The predicted molar refractivity (Wildman–Crippen MR) is 183 cm³/mol. The number of unbranched alkanes of at least 4 members (excludes halogenated alkanes) is 23. The Hall–Kier alpha value is -1.10. The Labute approximate surface area is 263 Å². The van der Waals surface area contributed by atoms with Gasteiger partial charge >= 0.3 is 11.9 Å². The molecule has 0 saturated carbocycles. The van der Waals surface area contributed by atoms with Crippen LogP contribution in [0.15, 0.2) is 0 Å². The summed E-state index contributed by atoms with van der Waals surface area (Å²) in [4.78, 5) is 17.4. The van der Waals surface area contributed by atoms with Gasteiger partial charge in [-0.25, -0.2) is 4.99 Å². The Morgan fingerprint density at radius 1 is 0.548 bits per heavy atom. The van der Waals surface area contributed by atoms with E-state index in [4.69, 9.17) is 4.74 Å². The van der Waals surface area contributed by atoms with Gasteiger partial charge in [0.05, 0.1) is 6.42 Å². The fraction of sp³-hybridized carbons (Fsp3) is 0.946. The van der Waals surface area contributed by atoms with E-state index in [1.54, 1.807) is 0 Å². The van der Waals surface area contributed by atoms with Crippen LogP contribution in [0.3, 0.4) is 0 Å². The number of nitrogens with zero attached hydrogens (tertiary/aromatic N) is 1. The normalized spacial score (nSPS) is 12.0. The summed E-state index contributed by atoms with van der Waals surface area (Å²) >= 11 is 0. The third-order valence-corrected chi connectivity index (χ3v) is 8.53. The first-order valence-corrected chi connectivity index (χ1v) is 18.7. The summed E-state index contributed by atoms with van der Waals surface area (Å²) in [6, 6.07) is 0. The largest absolute Gasteiger partial charge is 0.464 e. The van der Waals surface area contributed by atoms with Crippen molar-refractivity contribution in [3.63, 3.8) is 0 Å². The molecule has 2 N–H and O–H groups in total. The smallest absolute Gasteiger partial charge is 0.332 e. The first kappa shape index (κ1) is 40.9. The van der Waals surface area contributed by atoms with Crippen molar-refractivity contribution < 1.29 is 19.6 Å². The third kappa shape index (κ3) is 33.4. The minimum Gasteiger partial charge on any atom is -0.464 e. The highest BCUT2D eigenvalue weighted by atomic mass is 16.5. The second kappa shape index (κ2) is 34.4. The number of esters is 1. The van der Waals surface area contributed by atoms with E-state index in [0.29, 0.717) is 25.3 Å². The third-order valence-electron chi connectivity index (χ3n) is 8.53. The average Bonchev–Trinajstić information content (AvgIpc) is 2.98. The van der Waals surface area contributed by atoms with E-state index in [0.717, 1.165) is 45.3 Å². The van der Waals surface area contributed by atoms with Crippen LogP contribution < -0.4 is 4.99 Å². The van der Waals surface area contributed by atoms with E-state index in [1.807, 2.05) is 0 Å². The summed E-state index contributed by atoms with van der Waals surface area (Å²) in [7, 11) is 2.05. The Bertz CT molecular complexity index is 581. The average molecular weight is 596 g/mol. The highest BCUT2D eigenvalue weighted by Gasteiger charge is 2.07. The van der Waals surface area contributed by atoms with Gasteiger partial charge in [-0.05, 0) is 32.9 Å². The Morgan fingerprint density at radius 2 is 0.952 bits per heavy atom. The number of aliphatic hydroxyl groups excluding tert-OH is 1. The van der Waals surface area contributed by atoms with E-state index in [2.05, 4.69) is 30.8 Å². The summed E-state index contributed by atoms with van der Waals surface area (Å²) in [6.45, 7) is 7.51. The van der Waals surface area contributed by atoms with E-state index < -0.39 is 0 Å². The van der Waals surface area contributed by atoms with Crippen molar-refractivity contribution in [1.29, 1.82) is 0 Å². The van der Waals surface area contributed by atoms with Crippen LogP contribution in [0, 0.1) is 0 Å². The molecule has 250 valence electrons. The quantitative estimate of drug-likeness (QED) is 0.0337. The maximum atomic E-state index is 12.0. The molecule has 0 heterocycles. The molecule has 0 atom stereocenters. The summed E-state index contributed by atoms with van der Waals surface area (Å²) in [5.41, 5.74) is 0. The molecule has 0 aromatic rings. The number of hydrogen-bond acceptors (Lipinski definition) is 3. The van der Waals surface area contributed by atoms with Crippen LogP contribution in [0.5, 0.6) is 0 Å². The van der Waals surface area contributed by atoms with Gasteiger partial charge in [0.25, 0.3) is 0 Å². The van der Waals surface area contributed by atoms with Gasteiger partial charge in [-0.3, -0.25) is 4.79 Å². The van der Waals surface area contributed by atoms with Crippen molar-refractivity contribution in [2.24, 2.45) is 0 Å². The molecule has 0 amide bonds. The number of nitrogens with one attached hydrogen (secondary N) is 1. The van der Waals surface area contributed by atoms with Crippen LogP contribution >= 0.6 is 0 Å². The van der Waals surface area contributed by atoms with Crippen molar-refractivity contribution in [3.05, 3.63) is 0 Å². The van der Waals surface area contributed by atoms with Gasteiger partial charge in [0.15, 0.2) is 0 Å². The second-order valence-electron chi connectivity index (χ2n) is 12.9. The van der Waals surface area contributed by atoms with Gasteiger partial charge in [-0.15, -0.1) is 0 Å². The monoisotopic (exact) mass is 596 g/mol. The molecule has 5 nitrogen and oxygen atoms in total. The number of ether oxygens (including phenoxy) is 1. The molecule has 0 rings (SSSR count). The maximum absolute atomic E-state index is 12.0. The minimum absolute atomic E-state index is 0.0574. The molecule has 0 radical (unpaired) electrons. The van der Waals surface area contributed by atoms with Gasteiger partial charge in [0.2, 0.25) is 0 Å². The van der Waals surface area contributed by atoms with Crippen molar-refractivity contribution in [2.45, 2.75) is 194 Å². The molecule has 5 heteroatoms. The number of aliphatic hydroxyl groups is 1. The first-order valence-electron chi connectivity index (χ1n) is 18.7. The molecule has 0 aliphatic heterocycles. The number of rotatable bonds is 34. The number of carbonyl (C=O) groups is 1. The molecule has 42 heavy (non-hydrogen) atoms.